The SMILES string of the molecule is N#Cc1ccc2c(c1)c1c(ccc3c4ccccc4n(-c4ccc5c6c(n(-c7ccccc7)c5c4)C=CCC6)c31)n2-c1ccccc1. The van der Waals surface area contributed by atoms with Gasteiger partial charge in [-0.2, -0.15) is 5.26 Å². The van der Waals surface area contributed by atoms with Gasteiger partial charge in [0.15, 0.2) is 0 Å². The number of aromatic nitrogens is 3. The van der Waals surface area contributed by atoms with Crippen LogP contribution in [0.4, 0.5) is 0 Å². The lowest BCUT2D eigenvalue weighted by Crippen LogP contribution is -2.00. The van der Waals surface area contributed by atoms with Crippen molar-refractivity contribution < 1.29 is 0 Å². The van der Waals surface area contributed by atoms with E-state index in [1.807, 2.05) is 6.07 Å². The number of hydrogen-bond donors (Lipinski definition) is 0. The Hall–Kier alpha value is -6.31. The minimum absolute atomic E-state index is 0.657. The summed E-state index contributed by atoms with van der Waals surface area (Å²) >= 11 is 0. The molecule has 220 valence electrons. The molecule has 3 aromatic heterocycles. The van der Waals surface area contributed by atoms with E-state index < -0.39 is 0 Å². The van der Waals surface area contributed by atoms with E-state index in [9.17, 15) is 5.26 Å². The van der Waals surface area contributed by atoms with Crippen LogP contribution in [0, 0.1) is 11.3 Å². The van der Waals surface area contributed by atoms with Crippen LogP contribution in [0.15, 0.2) is 140 Å². The summed E-state index contributed by atoms with van der Waals surface area (Å²) in [6.07, 6.45) is 6.69. The molecule has 3 heterocycles. The lowest BCUT2D eigenvalue weighted by atomic mass is 10.0. The minimum Gasteiger partial charge on any atom is -0.310 e. The van der Waals surface area contributed by atoms with Crippen molar-refractivity contribution in [2.45, 2.75) is 12.8 Å². The Bertz CT molecular complexity index is 2780. The quantitative estimate of drug-likeness (QED) is 0.199. The van der Waals surface area contributed by atoms with Crippen LogP contribution in [0.3, 0.4) is 0 Å². The number of rotatable bonds is 3. The van der Waals surface area contributed by atoms with Gasteiger partial charge in [0.05, 0.1) is 39.2 Å². The largest absolute Gasteiger partial charge is 0.310 e. The molecule has 4 nitrogen and oxygen atoms in total. The topological polar surface area (TPSA) is 38.6 Å². The molecule has 0 bridgehead atoms. The second-order valence-electron chi connectivity index (χ2n) is 12.4. The summed E-state index contributed by atoms with van der Waals surface area (Å²) in [4.78, 5) is 0. The second kappa shape index (κ2) is 9.84. The first-order valence-corrected chi connectivity index (χ1v) is 16.2. The van der Waals surface area contributed by atoms with Gasteiger partial charge in [0, 0.05) is 49.7 Å². The van der Waals surface area contributed by atoms with Crippen LogP contribution >= 0.6 is 0 Å². The number of aryl methyl sites for hydroxylation is 1. The van der Waals surface area contributed by atoms with E-state index in [0.29, 0.717) is 5.56 Å². The van der Waals surface area contributed by atoms with Gasteiger partial charge in [-0.25, -0.2) is 0 Å². The third-order valence-corrected chi connectivity index (χ3v) is 9.91. The van der Waals surface area contributed by atoms with E-state index in [4.69, 9.17) is 0 Å². The Morgan fingerprint density at radius 1 is 0.511 bits per heavy atom. The van der Waals surface area contributed by atoms with E-state index >= 15 is 0 Å². The Morgan fingerprint density at radius 2 is 1.21 bits per heavy atom. The maximum Gasteiger partial charge on any atom is 0.0991 e. The molecule has 0 radical (unpaired) electrons. The Kier molecular flexibility index (Phi) is 5.44. The third kappa shape index (κ3) is 3.63. The van der Waals surface area contributed by atoms with Crippen LogP contribution in [0.1, 0.15) is 23.2 Å². The number of nitrogens with zero attached hydrogens (tertiary/aromatic N) is 4. The molecule has 0 N–H and O–H groups in total. The predicted octanol–water partition coefficient (Wildman–Crippen LogP) is 10.7. The van der Waals surface area contributed by atoms with Crippen molar-refractivity contribution in [3.05, 3.63) is 156 Å². The summed E-state index contributed by atoms with van der Waals surface area (Å²) < 4.78 is 7.20. The molecule has 47 heavy (non-hydrogen) atoms. The number of nitriles is 1. The maximum absolute atomic E-state index is 9.97. The molecule has 4 heteroatoms. The number of hydrogen-bond acceptors (Lipinski definition) is 1. The molecule has 0 spiro atoms. The average Bonchev–Trinajstić information content (AvgIpc) is 3.77. The molecule has 0 atom stereocenters. The van der Waals surface area contributed by atoms with Gasteiger partial charge in [-0.3, -0.25) is 0 Å². The standard InChI is InChI=1S/C43H28N4/c44-27-28-19-23-39-36(25-28)42-40(45(39)29-11-3-1-4-12-29)24-22-35-33-16-8-10-18-38(33)47(43(35)42)31-20-21-34-32-15-7-9-17-37(32)46(41(34)26-31)30-13-5-2-6-14-30/h1-6,8-14,16-26H,7,15H2. The lowest BCUT2D eigenvalue weighted by Gasteiger charge is -2.13. The molecule has 0 aliphatic heterocycles. The first-order valence-electron chi connectivity index (χ1n) is 16.2. The van der Waals surface area contributed by atoms with Gasteiger partial charge in [-0.05, 0) is 91.2 Å². The summed E-state index contributed by atoms with van der Waals surface area (Å²) in [6.45, 7) is 0. The summed E-state index contributed by atoms with van der Waals surface area (Å²) in [5, 5.41) is 15.9. The van der Waals surface area contributed by atoms with E-state index in [1.165, 1.54) is 38.6 Å². The lowest BCUT2D eigenvalue weighted by molar-refractivity contribution is 0.967. The van der Waals surface area contributed by atoms with E-state index in [0.717, 1.165) is 57.1 Å². The van der Waals surface area contributed by atoms with Crippen molar-refractivity contribution in [1.82, 2.24) is 13.7 Å². The second-order valence-corrected chi connectivity index (χ2v) is 12.4. The van der Waals surface area contributed by atoms with Crippen LogP contribution in [-0.2, 0) is 6.42 Å². The van der Waals surface area contributed by atoms with Gasteiger partial charge >= 0.3 is 0 Å². The third-order valence-electron chi connectivity index (χ3n) is 9.91. The van der Waals surface area contributed by atoms with Gasteiger partial charge in [-0.1, -0.05) is 72.8 Å². The van der Waals surface area contributed by atoms with Crippen LogP contribution in [0.2, 0.25) is 0 Å². The summed E-state index contributed by atoms with van der Waals surface area (Å²) in [7, 11) is 0. The summed E-state index contributed by atoms with van der Waals surface area (Å²) in [5.41, 5.74) is 12.5. The molecular weight excluding hydrogens is 573 g/mol. The van der Waals surface area contributed by atoms with Crippen LogP contribution in [-0.4, -0.2) is 13.7 Å². The molecule has 0 unspecified atom stereocenters. The highest BCUT2D eigenvalue weighted by Crippen LogP contribution is 2.43. The van der Waals surface area contributed by atoms with Crippen molar-refractivity contribution in [2.24, 2.45) is 0 Å². The minimum atomic E-state index is 0.657. The normalized spacial score (nSPS) is 12.8. The van der Waals surface area contributed by atoms with Gasteiger partial charge < -0.3 is 13.7 Å². The molecule has 0 fully saturated rings. The van der Waals surface area contributed by atoms with Crippen LogP contribution in [0.25, 0.3) is 77.7 Å². The molecular formula is C43H28N4. The Balaban J connectivity index is 1.37. The zero-order valence-electron chi connectivity index (χ0n) is 25.6. The fourth-order valence-corrected chi connectivity index (χ4v) is 7.97. The monoisotopic (exact) mass is 600 g/mol. The average molecular weight is 601 g/mol. The maximum atomic E-state index is 9.97. The number of para-hydroxylation sites is 3. The van der Waals surface area contributed by atoms with Crippen molar-refractivity contribution in [3.63, 3.8) is 0 Å². The number of fused-ring (bicyclic) bond motifs is 10. The molecule has 1 aliphatic rings. The molecule has 0 saturated heterocycles. The number of allylic oxidation sites excluding steroid dienone is 1. The molecule has 10 rings (SSSR count). The van der Waals surface area contributed by atoms with E-state index in [1.54, 1.807) is 0 Å². The highest BCUT2D eigenvalue weighted by Gasteiger charge is 2.23. The highest BCUT2D eigenvalue weighted by atomic mass is 15.0. The first-order chi connectivity index (χ1) is 23.3. The van der Waals surface area contributed by atoms with E-state index in [2.05, 4.69) is 159 Å². The van der Waals surface area contributed by atoms with E-state index in [-0.39, 0.29) is 0 Å². The van der Waals surface area contributed by atoms with Gasteiger partial charge in [0.1, 0.15) is 0 Å². The van der Waals surface area contributed by atoms with Gasteiger partial charge in [0.2, 0.25) is 0 Å². The number of benzene rings is 6. The fraction of sp³-hybridized carbons (Fsp3) is 0.0465. The van der Waals surface area contributed by atoms with Gasteiger partial charge in [0.25, 0.3) is 0 Å². The van der Waals surface area contributed by atoms with Gasteiger partial charge in [-0.15, -0.1) is 0 Å². The zero-order valence-corrected chi connectivity index (χ0v) is 25.6. The first kappa shape index (κ1) is 26.0. The van der Waals surface area contributed by atoms with Crippen LogP contribution in [0.5, 0.6) is 0 Å². The molecule has 6 aromatic carbocycles. The highest BCUT2D eigenvalue weighted by molar-refractivity contribution is 6.26. The van der Waals surface area contributed by atoms with Crippen molar-refractivity contribution in [3.8, 4) is 23.1 Å². The van der Waals surface area contributed by atoms with Crippen molar-refractivity contribution in [2.75, 3.05) is 0 Å². The smallest absolute Gasteiger partial charge is 0.0991 e. The Labute approximate surface area is 271 Å². The molecule has 0 amide bonds. The molecule has 0 saturated carbocycles. The van der Waals surface area contributed by atoms with Crippen molar-refractivity contribution in [1.29, 1.82) is 5.26 Å². The molecule has 9 aromatic rings. The summed E-state index contributed by atoms with van der Waals surface area (Å²) in [5.74, 6) is 0. The zero-order chi connectivity index (χ0) is 31.1. The predicted molar refractivity (Wildman–Crippen MR) is 194 cm³/mol. The fourth-order valence-electron chi connectivity index (χ4n) is 7.97. The van der Waals surface area contributed by atoms with Crippen LogP contribution < -0.4 is 0 Å². The Morgan fingerprint density at radius 3 is 2.02 bits per heavy atom. The summed E-state index contributed by atoms with van der Waals surface area (Å²) in [6, 6.07) is 49.9. The van der Waals surface area contributed by atoms with Crippen molar-refractivity contribution >= 4 is 60.6 Å². The molecule has 1 aliphatic carbocycles.